The molecule has 2 heteroatoms. The summed E-state index contributed by atoms with van der Waals surface area (Å²) in [7, 11) is 0. The maximum Gasteiger partial charge on any atom is 0.343 e. The minimum atomic E-state index is -0.280. The fourth-order valence-corrected chi connectivity index (χ4v) is 4.99. The molecule has 2 aromatic carbocycles. The number of rotatable bonds is 9. The van der Waals surface area contributed by atoms with Crippen LogP contribution in [0.2, 0.25) is 0 Å². The highest BCUT2D eigenvalue weighted by Crippen LogP contribution is 2.41. The Morgan fingerprint density at radius 1 is 0.933 bits per heavy atom. The van der Waals surface area contributed by atoms with E-state index >= 15 is 0 Å². The minimum absolute atomic E-state index is 0.280. The third-order valence-electron chi connectivity index (χ3n) is 6.74. The maximum atomic E-state index is 12.5. The molecule has 0 bridgehead atoms. The molecule has 1 fully saturated rings. The molecule has 0 saturated heterocycles. The highest BCUT2D eigenvalue weighted by molar-refractivity contribution is 5.91. The van der Waals surface area contributed by atoms with Gasteiger partial charge in [-0.25, -0.2) is 4.79 Å². The zero-order valence-corrected chi connectivity index (χ0v) is 19.0. The Morgan fingerprint density at radius 2 is 1.67 bits per heavy atom. The van der Waals surface area contributed by atoms with Crippen LogP contribution < -0.4 is 4.74 Å². The molecule has 3 rings (SSSR count). The van der Waals surface area contributed by atoms with Crippen LogP contribution in [0.15, 0.2) is 48.5 Å². The fraction of sp³-hybridized carbons (Fsp3) is 0.536. The lowest BCUT2D eigenvalue weighted by Crippen LogP contribution is -2.21. The quantitative estimate of drug-likeness (QED) is 0.240. The van der Waals surface area contributed by atoms with Gasteiger partial charge in [-0.05, 0) is 78.8 Å². The van der Waals surface area contributed by atoms with E-state index in [4.69, 9.17) is 4.74 Å². The van der Waals surface area contributed by atoms with Crippen molar-refractivity contribution in [2.75, 3.05) is 0 Å². The van der Waals surface area contributed by atoms with E-state index in [0.717, 1.165) is 18.8 Å². The Morgan fingerprint density at radius 3 is 2.30 bits per heavy atom. The summed E-state index contributed by atoms with van der Waals surface area (Å²) < 4.78 is 5.56. The van der Waals surface area contributed by atoms with Crippen molar-refractivity contribution in [2.24, 2.45) is 11.8 Å². The Hall–Kier alpha value is -2.09. The van der Waals surface area contributed by atoms with E-state index in [1.54, 1.807) is 0 Å². The van der Waals surface area contributed by atoms with Crippen LogP contribution in [0.4, 0.5) is 0 Å². The molecule has 3 unspecified atom stereocenters. The first-order chi connectivity index (χ1) is 14.6. The first-order valence-corrected chi connectivity index (χ1v) is 12.0. The molecule has 30 heavy (non-hydrogen) atoms. The second kappa shape index (κ2) is 11.3. The predicted octanol–water partition coefficient (Wildman–Crippen LogP) is 7.96. The summed E-state index contributed by atoms with van der Waals surface area (Å²) in [5, 5.41) is 0. The van der Waals surface area contributed by atoms with Gasteiger partial charge in [0.25, 0.3) is 0 Å². The molecule has 0 N–H and O–H groups in total. The molecule has 2 nitrogen and oxygen atoms in total. The van der Waals surface area contributed by atoms with E-state index in [9.17, 15) is 4.79 Å². The molecule has 1 aliphatic carbocycles. The summed E-state index contributed by atoms with van der Waals surface area (Å²) >= 11 is 0. The molecule has 0 aromatic heterocycles. The smallest absolute Gasteiger partial charge is 0.343 e. The van der Waals surface area contributed by atoms with E-state index in [1.165, 1.54) is 56.1 Å². The minimum Gasteiger partial charge on any atom is -0.423 e. The lowest BCUT2D eigenvalue weighted by molar-refractivity contribution is 0.0734. The molecule has 0 amide bonds. The molecule has 1 saturated carbocycles. The zero-order valence-electron chi connectivity index (χ0n) is 19.0. The van der Waals surface area contributed by atoms with Gasteiger partial charge in [0.15, 0.2) is 0 Å². The average Bonchev–Trinajstić information content (AvgIpc) is 2.76. The van der Waals surface area contributed by atoms with Crippen LogP contribution in [0, 0.1) is 11.8 Å². The van der Waals surface area contributed by atoms with Gasteiger partial charge in [0.1, 0.15) is 5.75 Å². The summed E-state index contributed by atoms with van der Waals surface area (Å²) in [5.74, 6) is 2.56. The average molecular weight is 407 g/mol. The SMILES string of the molecule is CCCCCC1CCC(c2ccc(C(=O)Oc3ccc(CCC)cc3)cc2)C(C)C1. The molecular weight excluding hydrogens is 368 g/mol. The molecule has 0 spiro atoms. The standard InChI is InChI=1S/C28H38O2/c1-4-6-7-9-23-12-19-27(21(3)20-23)24-13-15-25(16-14-24)28(29)30-26-17-10-22(8-5-2)11-18-26/h10-11,13-18,21,23,27H,4-9,12,19-20H2,1-3H3. The van der Waals surface area contributed by atoms with Crippen molar-refractivity contribution in [3.05, 3.63) is 65.2 Å². The lowest BCUT2D eigenvalue weighted by Gasteiger charge is -2.34. The van der Waals surface area contributed by atoms with Crippen LogP contribution in [-0.2, 0) is 6.42 Å². The summed E-state index contributed by atoms with van der Waals surface area (Å²) in [6.45, 7) is 6.85. The molecule has 1 aliphatic rings. The van der Waals surface area contributed by atoms with Crippen molar-refractivity contribution in [1.82, 2.24) is 0 Å². The van der Waals surface area contributed by atoms with Gasteiger partial charge in [-0.2, -0.15) is 0 Å². The van der Waals surface area contributed by atoms with Gasteiger partial charge in [-0.1, -0.05) is 77.1 Å². The number of benzene rings is 2. The summed E-state index contributed by atoms with van der Waals surface area (Å²) in [4.78, 5) is 12.5. The molecule has 3 atom stereocenters. The highest BCUT2D eigenvalue weighted by atomic mass is 16.5. The van der Waals surface area contributed by atoms with Crippen LogP contribution in [-0.4, -0.2) is 5.97 Å². The van der Waals surface area contributed by atoms with E-state index in [1.807, 2.05) is 36.4 Å². The normalized spacial score (nSPS) is 21.4. The van der Waals surface area contributed by atoms with Gasteiger partial charge < -0.3 is 4.74 Å². The number of hydrogen-bond acceptors (Lipinski definition) is 2. The fourth-order valence-electron chi connectivity index (χ4n) is 4.99. The monoisotopic (exact) mass is 406 g/mol. The molecule has 0 radical (unpaired) electrons. The third-order valence-corrected chi connectivity index (χ3v) is 6.74. The van der Waals surface area contributed by atoms with E-state index in [0.29, 0.717) is 23.1 Å². The third kappa shape index (κ3) is 6.20. The first-order valence-electron chi connectivity index (χ1n) is 12.0. The van der Waals surface area contributed by atoms with Crippen molar-refractivity contribution in [3.8, 4) is 5.75 Å². The molecule has 162 valence electrons. The van der Waals surface area contributed by atoms with E-state index < -0.39 is 0 Å². The van der Waals surface area contributed by atoms with Crippen LogP contribution in [0.3, 0.4) is 0 Å². The van der Waals surface area contributed by atoms with Crippen LogP contribution in [0.5, 0.6) is 5.75 Å². The number of aryl methyl sites for hydroxylation is 1. The van der Waals surface area contributed by atoms with Gasteiger partial charge in [-0.15, -0.1) is 0 Å². The second-order valence-corrected chi connectivity index (χ2v) is 9.16. The predicted molar refractivity (Wildman–Crippen MR) is 125 cm³/mol. The van der Waals surface area contributed by atoms with Gasteiger partial charge in [0.05, 0.1) is 5.56 Å². The first kappa shape index (κ1) is 22.6. The number of carbonyl (C=O) groups is 1. The van der Waals surface area contributed by atoms with Crippen molar-refractivity contribution < 1.29 is 9.53 Å². The van der Waals surface area contributed by atoms with Gasteiger partial charge in [0.2, 0.25) is 0 Å². The van der Waals surface area contributed by atoms with Crippen molar-refractivity contribution in [1.29, 1.82) is 0 Å². The van der Waals surface area contributed by atoms with Crippen LogP contribution >= 0.6 is 0 Å². The summed E-state index contributed by atoms with van der Waals surface area (Å²) in [6, 6.07) is 16.0. The second-order valence-electron chi connectivity index (χ2n) is 9.16. The van der Waals surface area contributed by atoms with E-state index in [2.05, 4.69) is 32.9 Å². The zero-order chi connectivity index (χ0) is 21.3. The molecule has 2 aromatic rings. The topological polar surface area (TPSA) is 26.3 Å². The van der Waals surface area contributed by atoms with E-state index in [-0.39, 0.29) is 5.97 Å². The summed E-state index contributed by atoms with van der Waals surface area (Å²) in [6.07, 6.45) is 11.6. The number of carbonyl (C=O) groups excluding carboxylic acids is 1. The number of unbranched alkanes of at least 4 members (excludes halogenated alkanes) is 2. The Labute approximate surface area is 183 Å². The van der Waals surface area contributed by atoms with Crippen LogP contribution in [0.1, 0.15) is 99.5 Å². The van der Waals surface area contributed by atoms with Crippen LogP contribution in [0.25, 0.3) is 0 Å². The Bertz CT molecular complexity index is 775. The van der Waals surface area contributed by atoms with Crippen molar-refractivity contribution >= 4 is 5.97 Å². The molecule has 0 aliphatic heterocycles. The molecular formula is C28H38O2. The van der Waals surface area contributed by atoms with Gasteiger partial charge in [0, 0.05) is 0 Å². The number of esters is 1. The highest BCUT2D eigenvalue weighted by Gasteiger charge is 2.28. The Kier molecular flexibility index (Phi) is 8.54. The van der Waals surface area contributed by atoms with Gasteiger partial charge in [-0.3, -0.25) is 0 Å². The summed E-state index contributed by atoms with van der Waals surface area (Å²) in [5.41, 5.74) is 3.27. The lowest BCUT2D eigenvalue weighted by atomic mass is 9.71. The van der Waals surface area contributed by atoms with Gasteiger partial charge >= 0.3 is 5.97 Å². The number of ether oxygens (including phenoxy) is 1. The van der Waals surface area contributed by atoms with Crippen molar-refractivity contribution in [3.63, 3.8) is 0 Å². The molecule has 0 heterocycles. The largest absolute Gasteiger partial charge is 0.423 e. The maximum absolute atomic E-state index is 12.5. The van der Waals surface area contributed by atoms with Crippen molar-refractivity contribution in [2.45, 2.75) is 84.5 Å². The Balaban J connectivity index is 1.54. The number of hydrogen-bond donors (Lipinski definition) is 0.